The van der Waals surface area contributed by atoms with Gasteiger partial charge in [0.05, 0.1) is 12.3 Å². The highest BCUT2D eigenvalue weighted by molar-refractivity contribution is 7.14. The number of ether oxygens (including phenoxy) is 1. The highest BCUT2D eigenvalue weighted by Crippen LogP contribution is 2.26. The fourth-order valence-corrected chi connectivity index (χ4v) is 2.36. The van der Waals surface area contributed by atoms with Gasteiger partial charge < -0.3 is 10.1 Å². The van der Waals surface area contributed by atoms with Crippen LogP contribution in [0, 0.1) is 0 Å². The molecule has 18 heavy (non-hydrogen) atoms. The Hall–Kier alpha value is -1.55. The van der Waals surface area contributed by atoms with Gasteiger partial charge in [-0.2, -0.15) is 0 Å². The molecule has 2 aromatic rings. The van der Waals surface area contributed by atoms with Gasteiger partial charge in [-0.15, -0.1) is 11.3 Å². The van der Waals surface area contributed by atoms with Crippen molar-refractivity contribution in [2.75, 3.05) is 18.5 Å². The summed E-state index contributed by atoms with van der Waals surface area (Å²) >= 11 is 1.65. The summed E-state index contributed by atoms with van der Waals surface area (Å²) in [5.41, 5.74) is 2.14. The minimum Gasteiger partial charge on any atom is -0.494 e. The first-order chi connectivity index (χ1) is 8.83. The Bertz CT molecular complexity index is 479. The maximum absolute atomic E-state index is 5.42. The van der Waals surface area contributed by atoms with Crippen LogP contribution in [0.25, 0.3) is 11.3 Å². The maximum atomic E-state index is 5.42. The number of hydrogen-bond acceptors (Lipinski definition) is 4. The van der Waals surface area contributed by atoms with Crippen molar-refractivity contribution < 1.29 is 4.74 Å². The van der Waals surface area contributed by atoms with Crippen LogP contribution in [0.4, 0.5) is 5.13 Å². The van der Waals surface area contributed by atoms with E-state index in [1.165, 1.54) is 0 Å². The molecule has 1 heterocycles. The smallest absolute Gasteiger partial charge is 0.183 e. The molecule has 1 aromatic carbocycles. The number of nitrogens with zero attached hydrogens (tertiary/aromatic N) is 1. The van der Waals surface area contributed by atoms with Crippen molar-refractivity contribution in [2.24, 2.45) is 0 Å². The van der Waals surface area contributed by atoms with Crippen molar-refractivity contribution in [3.05, 3.63) is 29.6 Å². The molecule has 96 valence electrons. The number of aromatic nitrogens is 1. The van der Waals surface area contributed by atoms with E-state index < -0.39 is 0 Å². The fourth-order valence-electron chi connectivity index (χ4n) is 1.61. The highest BCUT2D eigenvalue weighted by Gasteiger charge is 2.04. The zero-order valence-corrected chi connectivity index (χ0v) is 11.6. The van der Waals surface area contributed by atoms with E-state index in [1.807, 2.05) is 31.2 Å². The molecular weight excluding hydrogens is 244 g/mol. The van der Waals surface area contributed by atoms with Gasteiger partial charge in [0.1, 0.15) is 5.75 Å². The zero-order chi connectivity index (χ0) is 12.8. The number of thiazole rings is 1. The summed E-state index contributed by atoms with van der Waals surface area (Å²) < 4.78 is 5.42. The van der Waals surface area contributed by atoms with Gasteiger partial charge in [0, 0.05) is 17.5 Å². The predicted octanol–water partition coefficient (Wildman–Crippen LogP) is 4.03. The fraction of sp³-hybridized carbons (Fsp3) is 0.357. The SMILES string of the molecule is CCCNc1nc(-c2ccc(OCC)cc2)cs1. The number of benzene rings is 1. The van der Waals surface area contributed by atoms with E-state index in [1.54, 1.807) is 11.3 Å². The lowest BCUT2D eigenvalue weighted by Crippen LogP contribution is -1.98. The second kappa shape index (κ2) is 6.40. The molecular formula is C14H18N2OS. The molecule has 0 atom stereocenters. The first-order valence-electron chi connectivity index (χ1n) is 6.26. The van der Waals surface area contributed by atoms with Crippen molar-refractivity contribution in [1.82, 2.24) is 4.98 Å². The van der Waals surface area contributed by atoms with Gasteiger partial charge in [0.2, 0.25) is 0 Å². The third kappa shape index (κ3) is 3.23. The van der Waals surface area contributed by atoms with Gasteiger partial charge in [-0.05, 0) is 37.6 Å². The van der Waals surface area contributed by atoms with Crippen LogP contribution in [0.5, 0.6) is 5.75 Å². The molecule has 0 aliphatic heterocycles. The minimum atomic E-state index is 0.696. The molecule has 0 saturated heterocycles. The Balaban J connectivity index is 2.08. The molecule has 0 amide bonds. The summed E-state index contributed by atoms with van der Waals surface area (Å²) in [6.45, 7) is 5.80. The summed E-state index contributed by atoms with van der Waals surface area (Å²) in [6, 6.07) is 8.06. The zero-order valence-electron chi connectivity index (χ0n) is 10.8. The quantitative estimate of drug-likeness (QED) is 0.853. The van der Waals surface area contributed by atoms with Gasteiger partial charge in [-0.25, -0.2) is 4.98 Å². The number of anilines is 1. The third-order valence-electron chi connectivity index (χ3n) is 2.49. The largest absolute Gasteiger partial charge is 0.494 e. The average Bonchev–Trinajstić information content (AvgIpc) is 2.86. The van der Waals surface area contributed by atoms with E-state index in [-0.39, 0.29) is 0 Å². The molecule has 0 saturated carbocycles. The third-order valence-corrected chi connectivity index (χ3v) is 3.29. The molecule has 1 aromatic heterocycles. The number of rotatable bonds is 6. The van der Waals surface area contributed by atoms with Gasteiger partial charge in [0.25, 0.3) is 0 Å². The Morgan fingerprint density at radius 2 is 2.00 bits per heavy atom. The predicted molar refractivity (Wildman–Crippen MR) is 77.5 cm³/mol. The van der Waals surface area contributed by atoms with Crippen LogP contribution in [0.15, 0.2) is 29.6 Å². The topological polar surface area (TPSA) is 34.2 Å². The van der Waals surface area contributed by atoms with E-state index in [9.17, 15) is 0 Å². The van der Waals surface area contributed by atoms with Crippen molar-refractivity contribution in [1.29, 1.82) is 0 Å². The monoisotopic (exact) mass is 262 g/mol. The summed E-state index contributed by atoms with van der Waals surface area (Å²) in [6.07, 6.45) is 1.11. The van der Waals surface area contributed by atoms with Crippen molar-refractivity contribution in [3.63, 3.8) is 0 Å². The summed E-state index contributed by atoms with van der Waals surface area (Å²) in [5.74, 6) is 0.904. The van der Waals surface area contributed by atoms with Crippen LogP contribution >= 0.6 is 11.3 Å². The first-order valence-corrected chi connectivity index (χ1v) is 7.14. The van der Waals surface area contributed by atoms with Gasteiger partial charge >= 0.3 is 0 Å². The molecule has 0 spiro atoms. The lowest BCUT2D eigenvalue weighted by molar-refractivity contribution is 0.340. The normalized spacial score (nSPS) is 10.3. The molecule has 4 heteroatoms. The Labute approximate surface area is 112 Å². The second-order valence-corrected chi connectivity index (χ2v) is 4.78. The van der Waals surface area contributed by atoms with Crippen molar-refractivity contribution >= 4 is 16.5 Å². The highest BCUT2D eigenvalue weighted by atomic mass is 32.1. The molecule has 0 radical (unpaired) electrons. The number of nitrogens with one attached hydrogen (secondary N) is 1. The molecule has 0 aliphatic rings. The van der Waals surface area contributed by atoms with E-state index in [0.717, 1.165) is 35.1 Å². The van der Waals surface area contributed by atoms with Crippen molar-refractivity contribution in [3.8, 4) is 17.0 Å². The van der Waals surface area contributed by atoms with Crippen LogP contribution in [0.1, 0.15) is 20.3 Å². The number of hydrogen-bond donors (Lipinski definition) is 1. The summed E-state index contributed by atoms with van der Waals surface area (Å²) in [7, 11) is 0. The van der Waals surface area contributed by atoms with E-state index in [4.69, 9.17) is 4.74 Å². The molecule has 1 N–H and O–H groups in total. The first kappa shape index (κ1) is 12.9. The van der Waals surface area contributed by atoms with E-state index >= 15 is 0 Å². The van der Waals surface area contributed by atoms with Gasteiger partial charge in [0.15, 0.2) is 5.13 Å². The van der Waals surface area contributed by atoms with Crippen molar-refractivity contribution in [2.45, 2.75) is 20.3 Å². The standard InChI is InChI=1S/C14H18N2OS/c1-3-9-15-14-16-13(10-18-14)11-5-7-12(8-6-11)17-4-2/h5-8,10H,3-4,9H2,1-2H3,(H,15,16). The van der Waals surface area contributed by atoms with Crippen LogP contribution < -0.4 is 10.1 Å². The lowest BCUT2D eigenvalue weighted by atomic mass is 10.2. The van der Waals surface area contributed by atoms with Gasteiger partial charge in [-0.1, -0.05) is 6.92 Å². The average molecular weight is 262 g/mol. The Morgan fingerprint density at radius 1 is 1.22 bits per heavy atom. The maximum Gasteiger partial charge on any atom is 0.183 e. The molecule has 3 nitrogen and oxygen atoms in total. The van der Waals surface area contributed by atoms with E-state index in [0.29, 0.717) is 6.61 Å². The minimum absolute atomic E-state index is 0.696. The molecule has 0 fully saturated rings. The Kier molecular flexibility index (Phi) is 4.59. The second-order valence-electron chi connectivity index (χ2n) is 3.92. The van der Waals surface area contributed by atoms with Crippen LogP contribution in [0.2, 0.25) is 0 Å². The summed E-state index contributed by atoms with van der Waals surface area (Å²) in [5, 5.41) is 6.36. The molecule has 2 rings (SSSR count). The molecule has 0 bridgehead atoms. The van der Waals surface area contributed by atoms with E-state index in [2.05, 4.69) is 22.6 Å². The molecule has 0 aliphatic carbocycles. The lowest BCUT2D eigenvalue weighted by Gasteiger charge is -2.03. The van der Waals surface area contributed by atoms with Crippen LogP contribution in [0.3, 0.4) is 0 Å². The van der Waals surface area contributed by atoms with Crippen LogP contribution in [-0.4, -0.2) is 18.1 Å². The Morgan fingerprint density at radius 3 is 2.67 bits per heavy atom. The molecule has 0 unspecified atom stereocenters. The summed E-state index contributed by atoms with van der Waals surface area (Å²) in [4.78, 5) is 4.56. The van der Waals surface area contributed by atoms with Gasteiger partial charge in [-0.3, -0.25) is 0 Å². The van der Waals surface area contributed by atoms with Crippen LogP contribution in [-0.2, 0) is 0 Å².